The number of carboxylic acids is 1. The lowest BCUT2D eigenvalue weighted by atomic mass is 10.2. The Morgan fingerprint density at radius 3 is 3.07 bits per heavy atom. The topological polar surface area (TPSA) is 86.1 Å². The van der Waals surface area contributed by atoms with Crippen molar-refractivity contribution in [2.24, 2.45) is 5.11 Å². The molecule has 5 heteroatoms. The first-order valence-corrected chi connectivity index (χ1v) is 4.08. The van der Waals surface area contributed by atoms with E-state index in [1.54, 1.807) is 24.3 Å². The lowest BCUT2D eigenvalue weighted by Crippen LogP contribution is -1.90. The van der Waals surface area contributed by atoms with E-state index in [9.17, 15) is 4.79 Å². The van der Waals surface area contributed by atoms with Gasteiger partial charge in [0.1, 0.15) is 6.42 Å². The van der Waals surface area contributed by atoms with Gasteiger partial charge in [-0.3, -0.25) is 4.79 Å². The van der Waals surface area contributed by atoms with Gasteiger partial charge in [-0.15, -0.1) is 0 Å². The molecule has 15 heavy (non-hydrogen) atoms. The Kier molecular flexibility index (Phi) is 3.78. The Morgan fingerprint density at radius 1 is 1.60 bits per heavy atom. The molecule has 0 amide bonds. The molecule has 0 aliphatic rings. The van der Waals surface area contributed by atoms with E-state index in [1.807, 2.05) is 0 Å². The number of rotatable bonds is 2. The van der Waals surface area contributed by atoms with Crippen LogP contribution in [0.25, 0.3) is 10.4 Å². The average Bonchev–Trinajstić information content (AvgIpc) is 2.18. The molecule has 0 saturated heterocycles. The molecule has 0 saturated carbocycles. The number of hydrogen-bond donors (Lipinski definition) is 1. The number of aliphatic carboxylic acids is 1. The Hall–Kier alpha value is -2.44. The summed E-state index contributed by atoms with van der Waals surface area (Å²) in [6.45, 7) is 0. The van der Waals surface area contributed by atoms with Crippen LogP contribution in [-0.2, 0) is 4.79 Å². The molecule has 0 radical (unpaired) electrons. The van der Waals surface area contributed by atoms with E-state index in [-0.39, 0.29) is 6.42 Å². The van der Waals surface area contributed by atoms with Crippen molar-refractivity contribution >= 4 is 11.7 Å². The predicted molar refractivity (Wildman–Crippen MR) is 54.4 cm³/mol. The fourth-order valence-electron chi connectivity index (χ4n) is 0.919. The van der Waals surface area contributed by atoms with Crippen LogP contribution in [0.3, 0.4) is 0 Å². The molecule has 0 aliphatic heterocycles. The summed E-state index contributed by atoms with van der Waals surface area (Å²) in [6, 6.07) is 6.64. The highest BCUT2D eigenvalue weighted by molar-refractivity contribution is 5.70. The standard InChI is InChI=1S/C10H7N3O2/c11-13-12-9-5-1-3-8(7-9)4-2-6-10(14)15/h1,3,5,7H,6H2,(H,14,15). The first-order chi connectivity index (χ1) is 7.22. The minimum Gasteiger partial charge on any atom is -0.481 e. The molecule has 0 spiro atoms. The van der Waals surface area contributed by atoms with Crippen molar-refractivity contribution in [2.45, 2.75) is 6.42 Å². The van der Waals surface area contributed by atoms with E-state index < -0.39 is 5.97 Å². The van der Waals surface area contributed by atoms with Crippen molar-refractivity contribution in [3.63, 3.8) is 0 Å². The van der Waals surface area contributed by atoms with Gasteiger partial charge in [-0.05, 0) is 17.7 Å². The number of nitrogens with zero attached hydrogens (tertiary/aromatic N) is 3. The molecule has 0 fully saturated rings. The summed E-state index contributed by atoms with van der Waals surface area (Å²) in [5.41, 5.74) is 9.29. The van der Waals surface area contributed by atoms with Crippen LogP contribution in [0.1, 0.15) is 12.0 Å². The summed E-state index contributed by atoms with van der Waals surface area (Å²) >= 11 is 0. The van der Waals surface area contributed by atoms with Crippen molar-refractivity contribution in [1.82, 2.24) is 0 Å². The summed E-state index contributed by atoms with van der Waals surface area (Å²) in [5.74, 6) is 4.18. The van der Waals surface area contributed by atoms with E-state index >= 15 is 0 Å². The lowest BCUT2D eigenvalue weighted by Gasteiger charge is -1.91. The lowest BCUT2D eigenvalue weighted by molar-refractivity contribution is -0.135. The molecule has 1 aromatic carbocycles. The molecule has 0 unspecified atom stereocenters. The Bertz CT molecular complexity index is 479. The summed E-state index contributed by atoms with van der Waals surface area (Å²) in [7, 11) is 0. The molecule has 0 aliphatic carbocycles. The van der Waals surface area contributed by atoms with Crippen molar-refractivity contribution in [3.05, 3.63) is 40.3 Å². The molecule has 0 heterocycles. The highest BCUT2D eigenvalue weighted by atomic mass is 16.4. The van der Waals surface area contributed by atoms with Crippen molar-refractivity contribution in [3.8, 4) is 11.8 Å². The quantitative estimate of drug-likeness (QED) is 0.345. The number of hydrogen-bond acceptors (Lipinski definition) is 2. The smallest absolute Gasteiger partial charge is 0.315 e. The van der Waals surface area contributed by atoms with E-state index in [0.717, 1.165) is 0 Å². The molecular formula is C10H7N3O2. The first kappa shape index (κ1) is 10.6. The van der Waals surface area contributed by atoms with Gasteiger partial charge < -0.3 is 5.11 Å². The van der Waals surface area contributed by atoms with Crippen molar-refractivity contribution in [2.75, 3.05) is 0 Å². The van der Waals surface area contributed by atoms with Crippen LogP contribution in [-0.4, -0.2) is 11.1 Å². The minimum absolute atomic E-state index is 0.203. The van der Waals surface area contributed by atoms with E-state index in [2.05, 4.69) is 21.9 Å². The summed E-state index contributed by atoms with van der Waals surface area (Å²) in [5, 5.41) is 11.8. The van der Waals surface area contributed by atoms with Gasteiger partial charge in [-0.2, -0.15) is 0 Å². The average molecular weight is 201 g/mol. The molecular weight excluding hydrogens is 194 g/mol. The summed E-state index contributed by atoms with van der Waals surface area (Å²) in [4.78, 5) is 12.8. The fraction of sp³-hybridized carbons (Fsp3) is 0.100. The van der Waals surface area contributed by atoms with Crippen LogP contribution in [0.2, 0.25) is 0 Å². The van der Waals surface area contributed by atoms with Crippen LogP contribution in [0.4, 0.5) is 5.69 Å². The Balaban J connectivity index is 2.84. The second-order valence-corrected chi connectivity index (χ2v) is 2.61. The van der Waals surface area contributed by atoms with E-state index in [0.29, 0.717) is 11.3 Å². The third-order valence-electron chi connectivity index (χ3n) is 1.48. The number of carboxylic acid groups (broad SMARTS) is 1. The van der Waals surface area contributed by atoms with Gasteiger partial charge >= 0.3 is 5.97 Å². The Morgan fingerprint density at radius 2 is 2.40 bits per heavy atom. The van der Waals surface area contributed by atoms with Crippen molar-refractivity contribution in [1.29, 1.82) is 0 Å². The maximum absolute atomic E-state index is 10.2. The molecule has 0 aromatic heterocycles. The second kappa shape index (κ2) is 5.32. The molecule has 5 nitrogen and oxygen atoms in total. The first-order valence-electron chi connectivity index (χ1n) is 4.08. The second-order valence-electron chi connectivity index (χ2n) is 2.61. The molecule has 74 valence electrons. The van der Waals surface area contributed by atoms with Gasteiger partial charge in [0.15, 0.2) is 0 Å². The third-order valence-corrected chi connectivity index (χ3v) is 1.48. The van der Waals surface area contributed by atoms with Gasteiger partial charge in [0, 0.05) is 16.2 Å². The number of benzene rings is 1. The largest absolute Gasteiger partial charge is 0.481 e. The molecule has 0 atom stereocenters. The van der Waals surface area contributed by atoms with Crippen LogP contribution in [0, 0.1) is 11.8 Å². The third kappa shape index (κ3) is 3.85. The summed E-state index contributed by atoms with van der Waals surface area (Å²) < 4.78 is 0. The summed E-state index contributed by atoms with van der Waals surface area (Å²) in [6.07, 6.45) is -0.203. The molecule has 0 bridgehead atoms. The number of carbonyl (C=O) groups is 1. The van der Waals surface area contributed by atoms with Crippen molar-refractivity contribution < 1.29 is 9.90 Å². The minimum atomic E-state index is -0.964. The number of azide groups is 1. The normalized spacial score (nSPS) is 8.27. The molecule has 1 aromatic rings. The van der Waals surface area contributed by atoms with Crippen LogP contribution in [0.5, 0.6) is 0 Å². The van der Waals surface area contributed by atoms with Crippen LogP contribution >= 0.6 is 0 Å². The monoisotopic (exact) mass is 201 g/mol. The maximum atomic E-state index is 10.2. The zero-order valence-corrected chi connectivity index (χ0v) is 7.71. The van der Waals surface area contributed by atoms with Crippen LogP contribution in [0.15, 0.2) is 29.4 Å². The van der Waals surface area contributed by atoms with E-state index in [1.165, 1.54) is 0 Å². The van der Waals surface area contributed by atoms with E-state index in [4.69, 9.17) is 10.6 Å². The van der Waals surface area contributed by atoms with Gasteiger partial charge in [0.05, 0.1) is 0 Å². The van der Waals surface area contributed by atoms with Gasteiger partial charge in [0.2, 0.25) is 0 Å². The molecule has 1 N–H and O–H groups in total. The fourth-order valence-corrected chi connectivity index (χ4v) is 0.919. The zero-order chi connectivity index (χ0) is 11.1. The highest BCUT2D eigenvalue weighted by Gasteiger charge is 1.91. The van der Waals surface area contributed by atoms with Gasteiger partial charge in [0.25, 0.3) is 0 Å². The predicted octanol–water partition coefficient (Wildman–Crippen LogP) is 2.45. The highest BCUT2D eigenvalue weighted by Crippen LogP contribution is 2.13. The SMILES string of the molecule is [N-]=[N+]=Nc1cccc(C#CCC(=O)O)c1. The van der Waals surface area contributed by atoms with Gasteiger partial charge in [-0.25, -0.2) is 0 Å². The zero-order valence-electron chi connectivity index (χ0n) is 7.71. The maximum Gasteiger partial charge on any atom is 0.315 e. The van der Waals surface area contributed by atoms with Gasteiger partial charge in [-0.1, -0.05) is 29.1 Å². The molecule has 1 rings (SSSR count). The Labute approximate surface area is 86.0 Å². The van der Waals surface area contributed by atoms with Crippen LogP contribution < -0.4 is 0 Å².